The monoisotopic (exact) mass is 276 g/mol. The van der Waals surface area contributed by atoms with Crippen molar-refractivity contribution >= 4 is 0 Å². The minimum Gasteiger partial charge on any atom is -0.214 e. The summed E-state index contributed by atoms with van der Waals surface area (Å²) in [6.07, 6.45) is -4.68. The lowest BCUT2D eigenvalue weighted by Gasteiger charge is -2.08. The summed E-state index contributed by atoms with van der Waals surface area (Å²) in [5.74, 6) is -4.35. The standard InChI is InChI=1S/C12H4F6N/c13-8-5-9(14)11(15)19-10(8)6-2-1-3-7(4-6)12(16,17)18/h1-2,4-5H. The Labute approximate surface area is 103 Å². The van der Waals surface area contributed by atoms with Gasteiger partial charge in [-0.05, 0) is 12.1 Å². The van der Waals surface area contributed by atoms with Crippen LogP contribution < -0.4 is 0 Å². The lowest BCUT2D eigenvalue weighted by Crippen LogP contribution is -2.05. The van der Waals surface area contributed by atoms with Crippen LogP contribution in [0.25, 0.3) is 11.3 Å². The Bertz CT molecular complexity index is 620. The Morgan fingerprint density at radius 1 is 1.00 bits per heavy atom. The van der Waals surface area contributed by atoms with Crippen LogP contribution in [-0.4, -0.2) is 4.98 Å². The van der Waals surface area contributed by atoms with E-state index in [1.807, 2.05) is 6.07 Å². The fourth-order valence-corrected chi connectivity index (χ4v) is 1.42. The van der Waals surface area contributed by atoms with Gasteiger partial charge in [0.2, 0.25) is 5.95 Å². The van der Waals surface area contributed by atoms with Gasteiger partial charge >= 0.3 is 6.18 Å². The predicted octanol–water partition coefficient (Wildman–Crippen LogP) is 3.98. The number of aromatic nitrogens is 1. The highest BCUT2D eigenvalue weighted by atomic mass is 19.4. The molecule has 99 valence electrons. The summed E-state index contributed by atoms with van der Waals surface area (Å²) in [7, 11) is 0. The molecule has 2 rings (SSSR count). The highest BCUT2D eigenvalue weighted by Gasteiger charge is 2.31. The number of hydrogen-bond donors (Lipinski definition) is 0. The van der Waals surface area contributed by atoms with E-state index in [-0.39, 0.29) is 11.6 Å². The van der Waals surface area contributed by atoms with Gasteiger partial charge in [-0.2, -0.15) is 17.6 Å². The van der Waals surface area contributed by atoms with Crippen molar-refractivity contribution in [2.45, 2.75) is 6.18 Å². The lowest BCUT2D eigenvalue weighted by molar-refractivity contribution is -0.137. The molecular weight excluding hydrogens is 272 g/mol. The van der Waals surface area contributed by atoms with Gasteiger partial charge in [0, 0.05) is 11.6 Å². The van der Waals surface area contributed by atoms with Crippen molar-refractivity contribution in [2.24, 2.45) is 0 Å². The van der Waals surface area contributed by atoms with E-state index < -0.39 is 35.0 Å². The van der Waals surface area contributed by atoms with Gasteiger partial charge < -0.3 is 0 Å². The molecule has 1 heterocycles. The van der Waals surface area contributed by atoms with Gasteiger partial charge in [0.15, 0.2) is 11.6 Å². The second-order valence-electron chi connectivity index (χ2n) is 3.58. The van der Waals surface area contributed by atoms with E-state index in [1.54, 1.807) is 0 Å². The molecule has 0 aliphatic carbocycles. The van der Waals surface area contributed by atoms with Crippen LogP contribution in [0.5, 0.6) is 0 Å². The summed E-state index contributed by atoms with van der Waals surface area (Å²) in [4.78, 5) is 2.97. The van der Waals surface area contributed by atoms with E-state index in [9.17, 15) is 26.3 Å². The average Bonchev–Trinajstić information content (AvgIpc) is 2.33. The Kier molecular flexibility index (Phi) is 3.21. The second kappa shape index (κ2) is 4.56. The van der Waals surface area contributed by atoms with Gasteiger partial charge in [-0.25, -0.2) is 13.8 Å². The maximum absolute atomic E-state index is 13.4. The van der Waals surface area contributed by atoms with Gasteiger partial charge in [-0.15, -0.1) is 0 Å². The SMILES string of the molecule is Fc1cc(F)c(-c2cc[c]c(C(F)(F)F)c2)nc1F. The molecule has 0 unspecified atom stereocenters. The Balaban J connectivity index is 2.57. The molecule has 19 heavy (non-hydrogen) atoms. The van der Waals surface area contributed by atoms with E-state index in [4.69, 9.17) is 0 Å². The van der Waals surface area contributed by atoms with Gasteiger partial charge in [-0.3, -0.25) is 0 Å². The van der Waals surface area contributed by atoms with Crippen molar-refractivity contribution in [1.82, 2.24) is 4.98 Å². The highest BCUT2D eigenvalue weighted by Crippen LogP contribution is 2.32. The Morgan fingerprint density at radius 3 is 2.32 bits per heavy atom. The molecule has 0 saturated carbocycles. The summed E-state index contributed by atoms with van der Waals surface area (Å²) in [6.45, 7) is 0. The number of nitrogens with zero attached hydrogens (tertiary/aromatic N) is 1. The summed E-state index contributed by atoms with van der Waals surface area (Å²) in [5.41, 5.74) is -2.17. The minimum absolute atomic E-state index is 0.224. The second-order valence-corrected chi connectivity index (χ2v) is 3.58. The van der Waals surface area contributed by atoms with Crippen molar-refractivity contribution in [2.75, 3.05) is 0 Å². The Morgan fingerprint density at radius 2 is 1.68 bits per heavy atom. The van der Waals surface area contributed by atoms with E-state index in [1.165, 1.54) is 0 Å². The van der Waals surface area contributed by atoms with Crippen LogP contribution in [0, 0.1) is 23.6 Å². The summed E-state index contributed by atoms with van der Waals surface area (Å²) < 4.78 is 76.3. The van der Waals surface area contributed by atoms with Crippen LogP contribution in [0.3, 0.4) is 0 Å². The average molecular weight is 276 g/mol. The molecule has 0 saturated heterocycles. The van der Waals surface area contributed by atoms with Crippen molar-refractivity contribution in [1.29, 1.82) is 0 Å². The molecule has 0 fully saturated rings. The molecule has 0 amide bonds. The maximum Gasteiger partial charge on any atom is 0.417 e. The van der Waals surface area contributed by atoms with Gasteiger partial charge in [0.1, 0.15) is 5.69 Å². The van der Waals surface area contributed by atoms with Gasteiger partial charge in [0.05, 0.1) is 5.56 Å². The number of benzene rings is 1. The van der Waals surface area contributed by atoms with E-state index >= 15 is 0 Å². The number of halogens is 6. The molecular formula is C12H4F6N. The third-order valence-electron chi connectivity index (χ3n) is 2.27. The molecule has 7 heteroatoms. The summed E-state index contributed by atoms with van der Waals surface area (Å²) in [6, 6.07) is 4.67. The van der Waals surface area contributed by atoms with Crippen molar-refractivity contribution in [3.05, 3.63) is 53.5 Å². The van der Waals surface area contributed by atoms with Crippen molar-refractivity contribution in [3.63, 3.8) is 0 Å². The first kappa shape index (κ1) is 13.4. The van der Waals surface area contributed by atoms with E-state index in [2.05, 4.69) is 4.98 Å². The number of rotatable bonds is 1. The smallest absolute Gasteiger partial charge is 0.214 e. The molecule has 2 aromatic rings. The summed E-state index contributed by atoms with van der Waals surface area (Å²) in [5, 5.41) is 0. The van der Waals surface area contributed by atoms with Crippen molar-refractivity contribution < 1.29 is 26.3 Å². The predicted molar refractivity (Wildman–Crippen MR) is 53.4 cm³/mol. The third-order valence-corrected chi connectivity index (χ3v) is 2.27. The number of alkyl halides is 3. The summed E-state index contributed by atoms with van der Waals surface area (Å²) >= 11 is 0. The van der Waals surface area contributed by atoms with Crippen LogP contribution >= 0.6 is 0 Å². The first-order valence-electron chi connectivity index (χ1n) is 4.90. The van der Waals surface area contributed by atoms with Crippen molar-refractivity contribution in [3.8, 4) is 11.3 Å². The first-order chi connectivity index (χ1) is 8.79. The molecule has 0 bridgehead atoms. The fraction of sp³-hybridized carbons (Fsp3) is 0.0833. The minimum atomic E-state index is -4.68. The zero-order valence-electron chi connectivity index (χ0n) is 9.02. The zero-order chi connectivity index (χ0) is 14.2. The molecule has 1 aromatic heterocycles. The highest BCUT2D eigenvalue weighted by molar-refractivity contribution is 5.60. The lowest BCUT2D eigenvalue weighted by atomic mass is 10.1. The largest absolute Gasteiger partial charge is 0.417 e. The van der Waals surface area contributed by atoms with Crippen LogP contribution in [0.1, 0.15) is 5.56 Å². The number of hydrogen-bond acceptors (Lipinski definition) is 1. The topological polar surface area (TPSA) is 12.9 Å². The van der Waals surface area contributed by atoms with Crippen LogP contribution in [0.4, 0.5) is 26.3 Å². The fourth-order valence-electron chi connectivity index (χ4n) is 1.42. The van der Waals surface area contributed by atoms with Gasteiger partial charge in [0.25, 0.3) is 0 Å². The quantitative estimate of drug-likeness (QED) is 0.567. The van der Waals surface area contributed by atoms with Crippen LogP contribution in [0.15, 0.2) is 24.3 Å². The number of pyridine rings is 1. The molecule has 0 N–H and O–H groups in total. The molecule has 0 atom stereocenters. The molecule has 1 radical (unpaired) electrons. The maximum atomic E-state index is 13.4. The van der Waals surface area contributed by atoms with E-state index in [0.29, 0.717) is 6.07 Å². The van der Waals surface area contributed by atoms with Gasteiger partial charge in [-0.1, -0.05) is 12.1 Å². The third kappa shape index (κ3) is 2.69. The molecule has 1 aromatic carbocycles. The molecule has 1 nitrogen and oxygen atoms in total. The van der Waals surface area contributed by atoms with Crippen LogP contribution in [-0.2, 0) is 6.18 Å². The zero-order valence-corrected chi connectivity index (χ0v) is 9.02. The van der Waals surface area contributed by atoms with E-state index in [0.717, 1.165) is 12.1 Å². The first-order valence-corrected chi connectivity index (χ1v) is 4.90. The normalized spacial score (nSPS) is 11.7. The Hall–Kier alpha value is -2.05. The molecule has 0 aliphatic rings. The van der Waals surface area contributed by atoms with Crippen LogP contribution in [0.2, 0.25) is 0 Å². The molecule has 0 spiro atoms. The molecule has 0 aliphatic heterocycles.